The molecule has 0 aliphatic carbocycles. The van der Waals surface area contributed by atoms with E-state index in [1.54, 1.807) is 6.08 Å². The number of halogens is 1. The molecule has 0 heterocycles. The van der Waals surface area contributed by atoms with Gasteiger partial charge in [0, 0.05) is 11.8 Å². The first-order valence-corrected chi connectivity index (χ1v) is 5.30. The highest BCUT2D eigenvalue weighted by Gasteiger charge is 2.18. The zero-order chi connectivity index (χ0) is 11.6. The van der Waals surface area contributed by atoms with Gasteiger partial charge in [0.25, 0.3) is 0 Å². The Morgan fingerprint density at radius 1 is 1.36 bits per heavy atom. The molecular formula is C12H24FN. The van der Waals surface area contributed by atoms with Gasteiger partial charge < -0.3 is 5.73 Å². The summed E-state index contributed by atoms with van der Waals surface area (Å²) in [5.41, 5.74) is 4.49. The van der Waals surface area contributed by atoms with E-state index < -0.39 is 5.67 Å². The van der Waals surface area contributed by atoms with E-state index in [2.05, 4.69) is 6.92 Å². The summed E-state index contributed by atoms with van der Waals surface area (Å²) in [5, 5.41) is 0. The Morgan fingerprint density at radius 2 is 1.86 bits per heavy atom. The van der Waals surface area contributed by atoms with Gasteiger partial charge in [-0.2, -0.15) is 0 Å². The number of unbranched alkanes of at least 4 members (excludes halogenated alkanes) is 1. The fourth-order valence-electron chi connectivity index (χ4n) is 0.829. The second-order valence-electron chi connectivity index (χ2n) is 3.29. The maximum Gasteiger partial charge on any atom is 0.131 e. The third-order valence-corrected chi connectivity index (χ3v) is 1.62. The minimum atomic E-state index is -1.33. The number of allylic oxidation sites excluding steroid dienone is 3. The van der Waals surface area contributed by atoms with Crippen molar-refractivity contribution in [2.45, 2.75) is 53.1 Å². The molecule has 0 radical (unpaired) electrons. The molecule has 0 amide bonds. The second-order valence-corrected chi connectivity index (χ2v) is 3.29. The van der Waals surface area contributed by atoms with Crippen LogP contribution in [0, 0.1) is 0 Å². The lowest BCUT2D eigenvalue weighted by Gasteiger charge is -2.14. The summed E-state index contributed by atoms with van der Waals surface area (Å²) >= 11 is 0. The molecule has 14 heavy (non-hydrogen) atoms. The molecule has 1 nitrogen and oxygen atoms in total. The lowest BCUT2D eigenvalue weighted by molar-refractivity contribution is 0.273. The van der Waals surface area contributed by atoms with Gasteiger partial charge in [-0.1, -0.05) is 39.3 Å². The van der Waals surface area contributed by atoms with Crippen LogP contribution in [0.2, 0.25) is 0 Å². The molecule has 0 aliphatic heterocycles. The maximum atomic E-state index is 13.3. The largest absolute Gasteiger partial charge is 0.404 e. The summed E-state index contributed by atoms with van der Waals surface area (Å²) < 4.78 is 13.3. The minimum absolute atomic E-state index is 0.538. The van der Waals surface area contributed by atoms with Crippen molar-refractivity contribution in [3.63, 3.8) is 0 Å². The summed E-state index contributed by atoms with van der Waals surface area (Å²) in [5.74, 6) is 0. The predicted molar refractivity (Wildman–Crippen MR) is 62.9 cm³/mol. The molecule has 0 rings (SSSR count). The van der Waals surface area contributed by atoms with E-state index in [1.807, 2.05) is 19.9 Å². The van der Waals surface area contributed by atoms with Crippen LogP contribution in [0.1, 0.15) is 47.5 Å². The fourth-order valence-corrected chi connectivity index (χ4v) is 0.829. The van der Waals surface area contributed by atoms with Gasteiger partial charge in [0.05, 0.1) is 0 Å². The van der Waals surface area contributed by atoms with Crippen molar-refractivity contribution in [1.82, 2.24) is 0 Å². The Morgan fingerprint density at radius 3 is 2.14 bits per heavy atom. The van der Waals surface area contributed by atoms with Gasteiger partial charge in [-0.25, -0.2) is 4.39 Å². The fraction of sp³-hybridized carbons (Fsp3) is 0.667. The Labute approximate surface area is 87.9 Å². The Kier molecular flexibility index (Phi) is 9.84. The van der Waals surface area contributed by atoms with Crippen molar-refractivity contribution in [3.05, 3.63) is 23.9 Å². The van der Waals surface area contributed by atoms with Gasteiger partial charge in [0.15, 0.2) is 0 Å². The summed E-state index contributed by atoms with van der Waals surface area (Å²) in [6.07, 6.45) is 7.06. The van der Waals surface area contributed by atoms with Crippen molar-refractivity contribution in [2.24, 2.45) is 5.73 Å². The molecule has 0 atom stereocenters. The van der Waals surface area contributed by atoms with Crippen LogP contribution >= 0.6 is 0 Å². The first kappa shape index (κ1) is 15.7. The molecule has 0 fully saturated rings. The molecule has 0 spiro atoms. The van der Waals surface area contributed by atoms with E-state index in [0.717, 1.165) is 12.8 Å². The van der Waals surface area contributed by atoms with Gasteiger partial charge in [-0.3, -0.25) is 0 Å². The smallest absolute Gasteiger partial charge is 0.131 e. The zero-order valence-corrected chi connectivity index (χ0v) is 10.1. The molecule has 0 bridgehead atoms. The quantitative estimate of drug-likeness (QED) is 0.684. The van der Waals surface area contributed by atoms with Crippen LogP contribution in [0.5, 0.6) is 0 Å². The van der Waals surface area contributed by atoms with E-state index in [1.165, 1.54) is 20.0 Å². The summed E-state index contributed by atoms with van der Waals surface area (Å²) in [6, 6.07) is 0. The number of nitrogens with two attached hydrogens (primary N) is 1. The van der Waals surface area contributed by atoms with Crippen molar-refractivity contribution in [3.8, 4) is 0 Å². The first-order chi connectivity index (χ1) is 6.52. The molecule has 0 aromatic heterocycles. The molecule has 2 heteroatoms. The molecule has 2 N–H and O–H groups in total. The van der Waals surface area contributed by atoms with Crippen LogP contribution in [-0.4, -0.2) is 5.67 Å². The average Bonchev–Trinajstić information content (AvgIpc) is 2.14. The highest BCUT2D eigenvalue weighted by Crippen LogP contribution is 2.20. The Hall–Kier alpha value is -0.790. The number of hydrogen-bond acceptors (Lipinski definition) is 1. The lowest BCUT2D eigenvalue weighted by Crippen LogP contribution is -2.15. The number of alkyl halides is 1. The number of rotatable bonds is 4. The van der Waals surface area contributed by atoms with Crippen molar-refractivity contribution in [2.75, 3.05) is 0 Å². The molecule has 0 aliphatic rings. The highest BCUT2D eigenvalue weighted by atomic mass is 19.1. The first-order valence-electron chi connectivity index (χ1n) is 5.30. The average molecular weight is 201 g/mol. The normalized spacial score (nSPS) is 12.6. The van der Waals surface area contributed by atoms with Gasteiger partial charge in [-0.05, 0) is 20.3 Å². The van der Waals surface area contributed by atoms with Crippen molar-refractivity contribution >= 4 is 0 Å². The van der Waals surface area contributed by atoms with Crippen LogP contribution in [-0.2, 0) is 0 Å². The highest BCUT2D eigenvalue weighted by molar-refractivity contribution is 5.26. The van der Waals surface area contributed by atoms with Crippen LogP contribution < -0.4 is 5.73 Å². The van der Waals surface area contributed by atoms with E-state index in [0.29, 0.717) is 5.57 Å². The van der Waals surface area contributed by atoms with Gasteiger partial charge in [0.2, 0.25) is 0 Å². The van der Waals surface area contributed by atoms with E-state index in [9.17, 15) is 4.39 Å². The van der Waals surface area contributed by atoms with Crippen LogP contribution in [0.25, 0.3) is 0 Å². The zero-order valence-electron chi connectivity index (χ0n) is 10.1. The summed E-state index contributed by atoms with van der Waals surface area (Å²) in [7, 11) is 0. The standard InChI is InChI=1S/C10H18FN.C2H6/c1-4-5-6-7-9(8-12)10(2,3)11;1-2/h6-8H,4-5,12H2,1-3H3;1-2H3/b7-6-,9-8+;. The monoisotopic (exact) mass is 201 g/mol. The summed E-state index contributed by atoms with van der Waals surface area (Å²) in [4.78, 5) is 0. The van der Waals surface area contributed by atoms with Gasteiger partial charge in [-0.15, -0.1) is 0 Å². The van der Waals surface area contributed by atoms with Crippen LogP contribution in [0.15, 0.2) is 23.9 Å². The van der Waals surface area contributed by atoms with Gasteiger partial charge >= 0.3 is 0 Å². The van der Waals surface area contributed by atoms with Crippen LogP contribution in [0.3, 0.4) is 0 Å². The molecular weight excluding hydrogens is 177 g/mol. The second kappa shape index (κ2) is 8.79. The third-order valence-electron chi connectivity index (χ3n) is 1.62. The Balaban J connectivity index is 0. The molecule has 84 valence electrons. The molecule has 0 saturated carbocycles. The third kappa shape index (κ3) is 7.84. The molecule has 0 unspecified atom stereocenters. The molecule has 0 aromatic carbocycles. The predicted octanol–water partition coefficient (Wildman–Crippen LogP) is 3.96. The van der Waals surface area contributed by atoms with Crippen molar-refractivity contribution in [1.29, 1.82) is 0 Å². The van der Waals surface area contributed by atoms with Gasteiger partial charge in [0.1, 0.15) is 5.67 Å². The van der Waals surface area contributed by atoms with E-state index in [-0.39, 0.29) is 0 Å². The summed E-state index contributed by atoms with van der Waals surface area (Å²) in [6.45, 7) is 9.08. The Bertz CT molecular complexity index is 175. The minimum Gasteiger partial charge on any atom is -0.404 e. The topological polar surface area (TPSA) is 26.0 Å². The lowest BCUT2D eigenvalue weighted by atomic mass is 10.0. The SMILES string of the molecule is CC.CCC/C=C\C(=C/N)C(C)(C)F. The van der Waals surface area contributed by atoms with E-state index in [4.69, 9.17) is 5.73 Å². The molecule has 0 aromatic rings. The van der Waals surface area contributed by atoms with E-state index >= 15 is 0 Å². The maximum absolute atomic E-state index is 13.3. The molecule has 0 saturated heterocycles. The van der Waals surface area contributed by atoms with Crippen molar-refractivity contribution < 1.29 is 4.39 Å². The number of hydrogen-bond donors (Lipinski definition) is 1. The van der Waals surface area contributed by atoms with Crippen LogP contribution in [0.4, 0.5) is 4.39 Å².